The van der Waals surface area contributed by atoms with Crippen LogP contribution in [0.25, 0.3) is 0 Å². The predicted molar refractivity (Wildman–Crippen MR) is 74.6 cm³/mol. The summed E-state index contributed by atoms with van der Waals surface area (Å²) in [6.45, 7) is 0.344. The molecular formula is C15H19NO5. The molecule has 0 aliphatic carbocycles. The Hall–Kier alpha value is -2.08. The van der Waals surface area contributed by atoms with E-state index in [4.69, 9.17) is 4.74 Å². The monoisotopic (exact) mass is 293 g/mol. The highest BCUT2D eigenvalue weighted by molar-refractivity contribution is 5.75. The van der Waals surface area contributed by atoms with Crippen molar-refractivity contribution in [1.82, 2.24) is 4.90 Å². The Balaban J connectivity index is 1.84. The third kappa shape index (κ3) is 3.52. The molecule has 0 radical (unpaired) electrons. The number of nitrogens with zero attached hydrogens (tertiary/aromatic N) is 1. The van der Waals surface area contributed by atoms with Crippen LogP contribution in [0.2, 0.25) is 0 Å². The van der Waals surface area contributed by atoms with Crippen LogP contribution in [0, 0.1) is 5.41 Å². The van der Waals surface area contributed by atoms with Crippen LogP contribution in [0.4, 0.5) is 4.79 Å². The Bertz CT molecular complexity index is 494. The third-order valence-corrected chi connectivity index (χ3v) is 3.94. The number of carbonyl (C=O) groups is 2. The molecule has 114 valence electrons. The SMILES string of the molecule is O=C(OCc1ccccc1)N1CCC(CO)(C(=O)O)CC1. The first-order valence-corrected chi connectivity index (χ1v) is 6.87. The van der Waals surface area contributed by atoms with E-state index >= 15 is 0 Å². The molecule has 1 aliphatic rings. The van der Waals surface area contributed by atoms with Gasteiger partial charge in [0.05, 0.1) is 12.0 Å². The molecule has 0 aromatic heterocycles. The minimum absolute atomic E-state index is 0.195. The van der Waals surface area contributed by atoms with Gasteiger partial charge in [-0.15, -0.1) is 0 Å². The maximum Gasteiger partial charge on any atom is 0.410 e. The Morgan fingerprint density at radius 2 is 1.81 bits per heavy atom. The molecule has 1 saturated heterocycles. The number of piperidine rings is 1. The van der Waals surface area contributed by atoms with E-state index < -0.39 is 24.1 Å². The fraction of sp³-hybridized carbons (Fsp3) is 0.467. The van der Waals surface area contributed by atoms with Gasteiger partial charge in [-0.05, 0) is 18.4 Å². The molecule has 0 saturated carbocycles. The van der Waals surface area contributed by atoms with Gasteiger partial charge in [0.25, 0.3) is 0 Å². The van der Waals surface area contributed by atoms with Crippen molar-refractivity contribution in [2.24, 2.45) is 5.41 Å². The second-order valence-electron chi connectivity index (χ2n) is 5.27. The van der Waals surface area contributed by atoms with E-state index in [2.05, 4.69) is 0 Å². The smallest absolute Gasteiger partial charge is 0.410 e. The minimum Gasteiger partial charge on any atom is -0.481 e. The molecule has 1 aliphatic heterocycles. The van der Waals surface area contributed by atoms with Crippen LogP contribution >= 0.6 is 0 Å². The van der Waals surface area contributed by atoms with E-state index in [-0.39, 0.29) is 32.5 Å². The molecule has 0 bridgehead atoms. The van der Waals surface area contributed by atoms with Crippen molar-refractivity contribution in [3.05, 3.63) is 35.9 Å². The normalized spacial score (nSPS) is 17.3. The maximum absolute atomic E-state index is 11.9. The molecule has 6 heteroatoms. The Morgan fingerprint density at radius 3 is 2.33 bits per heavy atom. The third-order valence-electron chi connectivity index (χ3n) is 3.94. The molecule has 1 heterocycles. The lowest BCUT2D eigenvalue weighted by molar-refractivity contribution is -0.154. The number of carboxylic acid groups (broad SMARTS) is 1. The van der Waals surface area contributed by atoms with Crippen molar-refractivity contribution in [2.75, 3.05) is 19.7 Å². The number of carboxylic acids is 1. The predicted octanol–water partition coefficient (Wildman–Crippen LogP) is 1.48. The molecule has 6 nitrogen and oxygen atoms in total. The van der Waals surface area contributed by atoms with E-state index in [1.165, 1.54) is 4.90 Å². The fourth-order valence-electron chi connectivity index (χ4n) is 2.37. The molecule has 1 amide bonds. The highest BCUT2D eigenvalue weighted by Crippen LogP contribution is 2.31. The first-order chi connectivity index (χ1) is 10.1. The number of hydrogen-bond acceptors (Lipinski definition) is 4. The zero-order valence-electron chi connectivity index (χ0n) is 11.7. The van der Waals surface area contributed by atoms with Crippen LogP contribution in [-0.2, 0) is 16.1 Å². The van der Waals surface area contributed by atoms with E-state index in [1.807, 2.05) is 30.3 Å². The second kappa shape index (κ2) is 6.58. The number of amides is 1. The lowest BCUT2D eigenvalue weighted by Gasteiger charge is -2.37. The van der Waals surface area contributed by atoms with Gasteiger partial charge in [0, 0.05) is 13.1 Å². The summed E-state index contributed by atoms with van der Waals surface area (Å²) in [4.78, 5) is 24.6. The maximum atomic E-state index is 11.9. The average molecular weight is 293 g/mol. The van der Waals surface area contributed by atoms with Gasteiger partial charge in [0.2, 0.25) is 0 Å². The van der Waals surface area contributed by atoms with Gasteiger partial charge in [-0.3, -0.25) is 4.79 Å². The van der Waals surface area contributed by atoms with Crippen molar-refractivity contribution in [2.45, 2.75) is 19.4 Å². The number of benzene rings is 1. The Labute approximate surface area is 122 Å². The highest BCUT2D eigenvalue weighted by Gasteiger charge is 2.42. The zero-order chi connectivity index (χ0) is 15.3. The molecule has 2 N–H and O–H groups in total. The largest absolute Gasteiger partial charge is 0.481 e. The minimum atomic E-state index is -1.13. The molecular weight excluding hydrogens is 274 g/mol. The second-order valence-corrected chi connectivity index (χ2v) is 5.27. The number of hydrogen-bond donors (Lipinski definition) is 2. The highest BCUT2D eigenvalue weighted by atomic mass is 16.6. The van der Waals surface area contributed by atoms with Crippen LogP contribution in [-0.4, -0.2) is 46.9 Å². The Kier molecular flexibility index (Phi) is 4.80. The lowest BCUT2D eigenvalue weighted by atomic mass is 9.79. The van der Waals surface area contributed by atoms with Crippen molar-refractivity contribution >= 4 is 12.1 Å². The summed E-state index contributed by atoms with van der Waals surface area (Å²) >= 11 is 0. The van der Waals surface area contributed by atoms with Crippen LogP contribution < -0.4 is 0 Å². The number of ether oxygens (including phenoxy) is 1. The number of aliphatic carboxylic acids is 1. The number of aliphatic hydroxyl groups excluding tert-OH is 1. The van der Waals surface area contributed by atoms with Gasteiger partial charge in [-0.1, -0.05) is 30.3 Å². The van der Waals surface area contributed by atoms with E-state index in [9.17, 15) is 19.8 Å². The molecule has 0 spiro atoms. The van der Waals surface area contributed by atoms with Crippen LogP contribution in [0.5, 0.6) is 0 Å². The quantitative estimate of drug-likeness (QED) is 0.878. The van der Waals surface area contributed by atoms with Gasteiger partial charge in [-0.2, -0.15) is 0 Å². The van der Waals surface area contributed by atoms with Gasteiger partial charge in [0.1, 0.15) is 6.61 Å². The van der Waals surface area contributed by atoms with Gasteiger partial charge >= 0.3 is 12.1 Å². The summed E-state index contributed by atoms with van der Waals surface area (Å²) in [7, 11) is 0. The van der Waals surface area contributed by atoms with E-state index in [0.29, 0.717) is 0 Å². The van der Waals surface area contributed by atoms with Crippen molar-refractivity contribution in [1.29, 1.82) is 0 Å². The van der Waals surface area contributed by atoms with Gasteiger partial charge < -0.3 is 19.8 Å². The first-order valence-electron chi connectivity index (χ1n) is 6.87. The van der Waals surface area contributed by atoms with E-state index in [1.54, 1.807) is 0 Å². The molecule has 0 atom stereocenters. The van der Waals surface area contributed by atoms with E-state index in [0.717, 1.165) is 5.56 Å². The van der Waals surface area contributed by atoms with Crippen LogP contribution in [0.1, 0.15) is 18.4 Å². The van der Waals surface area contributed by atoms with Crippen molar-refractivity contribution in [3.63, 3.8) is 0 Å². The van der Waals surface area contributed by atoms with Crippen LogP contribution in [0.15, 0.2) is 30.3 Å². The summed E-state index contributed by atoms with van der Waals surface area (Å²) in [6, 6.07) is 9.35. The van der Waals surface area contributed by atoms with Crippen molar-refractivity contribution < 1.29 is 24.5 Å². The topological polar surface area (TPSA) is 87.1 Å². The lowest BCUT2D eigenvalue weighted by Crippen LogP contribution is -2.48. The number of carbonyl (C=O) groups excluding carboxylic acids is 1. The number of likely N-dealkylation sites (tertiary alicyclic amines) is 1. The standard InChI is InChI=1S/C15H19NO5/c17-11-15(13(18)19)6-8-16(9-7-15)14(20)21-10-12-4-2-1-3-5-12/h1-5,17H,6-11H2,(H,18,19). The zero-order valence-corrected chi connectivity index (χ0v) is 11.7. The Morgan fingerprint density at radius 1 is 1.19 bits per heavy atom. The molecule has 0 unspecified atom stereocenters. The van der Waals surface area contributed by atoms with Crippen molar-refractivity contribution in [3.8, 4) is 0 Å². The van der Waals surface area contributed by atoms with Gasteiger partial charge in [0.15, 0.2) is 0 Å². The molecule has 1 aromatic rings. The summed E-state index contributed by atoms with van der Waals surface area (Å²) in [5, 5.41) is 18.4. The average Bonchev–Trinajstić information content (AvgIpc) is 2.53. The summed E-state index contributed by atoms with van der Waals surface area (Å²) in [6.07, 6.45) is 0.0224. The molecule has 1 aromatic carbocycles. The molecule has 2 rings (SSSR count). The summed E-state index contributed by atoms with van der Waals surface area (Å²) in [5.41, 5.74) is -0.228. The number of rotatable bonds is 4. The van der Waals surface area contributed by atoms with Crippen LogP contribution in [0.3, 0.4) is 0 Å². The summed E-state index contributed by atoms with van der Waals surface area (Å²) < 4.78 is 5.21. The molecule has 1 fully saturated rings. The first kappa shape index (κ1) is 15.3. The summed E-state index contributed by atoms with van der Waals surface area (Å²) in [5.74, 6) is -1.01. The van der Waals surface area contributed by atoms with Gasteiger partial charge in [-0.25, -0.2) is 4.79 Å². The molecule has 21 heavy (non-hydrogen) atoms. The number of aliphatic hydroxyl groups is 1. The fourth-order valence-corrected chi connectivity index (χ4v) is 2.37.